The van der Waals surface area contributed by atoms with Crippen molar-refractivity contribution in [3.8, 4) is 5.75 Å². The highest BCUT2D eigenvalue weighted by atomic mass is 32.2. The fourth-order valence-electron chi connectivity index (χ4n) is 1.97. The molecule has 8 heteroatoms. The van der Waals surface area contributed by atoms with Crippen molar-refractivity contribution in [3.05, 3.63) is 17.6 Å². The number of sulfone groups is 1. The van der Waals surface area contributed by atoms with Crippen molar-refractivity contribution in [2.75, 3.05) is 38.1 Å². The van der Waals surface area contributed by atoms with Crippen LogP contribution in [0.15, 0.2) is 17.0 Å². The smallest absolute Gasteiger partial charge is 0.255 e. The molecule has 1 unspecified atom stereocenters. The Kier molecular flexibility index (Phi) is 2.97. The average molecular weight is 381 g/mol. The van der Waals surface area contributed by atoms with Gasteiger partial charge >= 0.3 is 0 Å². The van der Waals surface area contributed by atoms with Crippen LogP contribution in [-0.4, -0.2) is 57.6 Å². The number of rotatable bonds is 7. The summed E-state index contributed by atoms with van der Waals surface area (Å²) >= 11 is 0. The van der Waals surface area contributed by atoms with Crippen LogP contribution in [0.25, 0.3) is 0 Å². The van der Waals surface area contributed by atoms with E-state index in [0.717, 1.165) is 7.11 Å². The van der Waals surface area contributed by atoms with Crippen molar-refractivity contribution >= 4 is 21.4 Å². The molecule has 0 spiro atoms. The molecular weight excluding hydrogens is 342 g/mol. The van der Waals surface area contributed by atoms with Crippen LogP contribution in [0.4, 0.5) is 5.69 Å². The Morgan fingerprint density at radius 2 is 2.32 bits per heavy atom. The maximum absolute atomic E-state index is 13.2. The summed E-state index contributed by atoms with van der Waals surface area (Å²) < 4.78 is 120. The van der Waals surface area contributed by atoms with Gasteiger partial charge in [0.05, 0.1) is 34.5 Å². The summed E-state index contributed by atoms with van der Waals surface area (Å²) in [6.07, 6.45) is -6.95. The molecule has 1 aliphatic rings. The molecule has 1 heterocycles. The maximum Gasteiger partial charge on any atom is 0.255 e. The van der Waals surface area contributed by atoms with Crippen molar-refractivity contribution in [2.45, 2.75) is 37.5 Å². The molecule has 0 bridgehead atoms. The van der Waals surface area contributed by atoms with Gasteiger partial charge in [-0.1, -0.05) is 13.8 Å². The number of amides is 1. The minimum Gasteiger partial charge on any atom is -0.496 e. The van der Waals surface area contributed by atoms with E-state index < -0.39 is 93.8 Å². The normalized spacial score (nSPS) is 34.3. The minimum absolute atomic E-state index is 0.297. The first-order valence-electron chi connectivity index (χ1n) is 12.9. The molecule has 0 aromatic heterocycles. The fourth-order valence-corrected chi connectivity index (χ4v) is 2.91. The van der Waals surface area contributed by atoms with E-state index in [0.29, 0.717) is 4.90 Å². The quantitative estimate of drug-likeness (QED) is 0.691. The molecule has 1 atom stereocenters. The molecule has 3 N–H and O–H groups in total. The van der Waals surface area contributed by atoms with E-state index in [1.807, 2.05) is 0 Å². The van der Waals surface area contributed by atoms with Gasteiger partial charge in [0.2, 0.25) is 0 Å². The van der Waals surface area contributed by atoms with E-state index in [9.17, 15) is 13.2 Å². The third-order valence-electron chi connectivity index (χ3n) is 3.33. The van der Waals surface area contributed by atoms with Gasteiger partial charge < -0.3 is 15.8 Å². The lowest BCUT2D eigenvalue weighted by molar-refractivity contribution is 0.0938. The van der Waals surface area contributed by atoms with Gasteiger partial charge in [0.25, 0.3) is 5.91 Å². The molecule has 1 aliphatic heterocycles. The Labute approximate surface area is 164 Å². The predicted octanol–water partition coefficient (Wildman–Crippen LogP) is 1.29. The van der Waals surface area contributed by atoms with Crippen LogP contribution in [0.3, 0.4) is 0 Å². The number of benzene rings is 1. The second-order valence-electron chi connectivity index (χ2n) is 4.84. The van der Waals surface area contributed by atoms with E-state index >= 15 is 0 Å². The summed E-state index contributed by atoms with van der Waals surface area (Å²) in [5.41, 5.74) is 4.11. The van der Waals surface area contributed by atoms with Crippen LogP contribution in [0.2, 0.25) is 0 Å². The van der Waals surface area contributed by atoms with Gasteiger partial charge in [0, 0.05) is 28.2 Å². The van der Waals surface area contributed by atoms with E-state index in [4.69, 9.17) is 25.5 Å². The van der Waals surface area contributed by atoms with Crippen LogP contribution >= 0.6 is 0 Å². The maximum atomic E-state index is 13.2. The Bertz CT molecular complexity index is 1190. The highest BCUT2D eigenvalue weighted by Crippen LogP contribution is 2.29. The van der Waals surface area contributed by atoms with Gasteiger partial charge in [-0.2, -0.15) is 0 Å². The highest BCUT2D eigenvalue weighted by Gasteiger charge is 2.25. The van der Waals surface area contributed by atoms with Gasteiger partial charge in [-0.05, 0) is 31.8 Å². The molecule has 0 saturated carbocycles. The number of nitrogens with zero attached hydrogens (tertiary/aromatic N) is 1. The summed E-state index contributed by atoms with van der Waals surface area (Å²) in [5.74, 6) is -2.83. The number of carbonyl (C=O) groups excluding carboxylic acids is 1. The molecule has 1 saturated heterocycles. The number of hydrogen-bond donors (Lipinski definition) is 2. The second-order valence-corrected chi connectivity index (χ2v) is 7.05. The van der Waals surface area contributed by atoms with Crippen LogP contribution in [0.1, 0.15) is 52.0 Å². The monoisotopic (exact) mass is 380 g/mol. The molecule has 1 fully saturated rings. The van der Waals surface area contributed by atoms with E-state index in [1.54, 1.807) is 5.32 Å². The number of ether oxygens (including phenoxy) is 1. The Morgan fingerprint density at radius 3 is 2.92 bits per heavy atom. The highest BCUT2D eigenvalue weighted by molar-refractivity contribution is 7.91. The zero-order chi connectivity index (χ0) is 28.4. The summed E-state index contributed by atoms with van der Waals surface area (Å²) in [6.45, 7) is -4.77. The first-order valence-corrected chi connectivity index (χ1v) is 9.01. The van der Waals surface area contributed by atoms with Crippen LogP contribution in [0, 0.1) is 0 Å². The molecule has 0 radical (unpaired) electrons. The van der Waals surface area contributed by atoms with Gasteiger partial charge in [-0.3, -0.25) is 9.69 Å². The van der Waals surface area contributed by atoms with Crippen molar-refractivity contribution in [3.63, 3.8) is 0 Å². The molecule has 1 aromatic carbocycles. The number of nitrogen functional groups attached to an aromatic ring is 1. The van der Waals surface area contributed by atoms with Crippen molar-refractivity contribution in [1.29, 1.82) is 0 Å². The molecule has 7 nitrogen and oxygen atoms in total. The Morgan fingerprint density at radius 1 is 1.60 bits per heavy atom. The fraction of sp³-hybridized carbons (Fsp3) is 0.588. The van der Waals surface area contributed by atoms with Gasteiger partial charge in [-0.25, -0.2) is 8.42 Å². The number of likely N-dealkylation sites (tertiary alicyclic amines) is 1. The zero-order valence-electron chi connectivity index (χ0n) is 25.0. The standard InChI is InChI=1S/C17H27N3O4S/c1-4-20-8-6-7-12(20)11-19-17(21)13-9-16(25(22,23)5-2)14(18)10-15(13)24-3/h9-10,12H,4-8,11,18H2,1-3H3,(H,19,21)/i6D2,7D2,8D2,9D,10D,11D2,12D. The van der Waals surface area contributed by atoms with E-state index in [-0.39, 0.29) is 0 Å². The van der Waals surface area contributed by atoms with Crippen LogP contribution < -0.4 is 15.8 Å². The SMILES string of the molecule is [2H]c1c(N)c(S(=O)(=O)CC)c([2H])c(C(=O)NC([2H])([2H])C2([2H])N(CC)C([2H])([2H])C([2H])([2H])C2([2H])[2H])c1OC. The van der Waals surface area contributed by atoms with Gasteiger partial charge in [0.1, 0.15) is 5.75 Å². The second kappa shape index (κ2) is 8.05. The first kappa shape index (κ1) is 9.23. The van der Waals surface area contributed by atoms with Gasteiger partial charge in [0.15, 0.2) is 9.84 Å². The lowest BCUT2D eigenvalue weighted by atomic mass is 10.1. The number of methoxy groups -OCH3 is 1. The molecule has 140 valence electrons. The average Bonchev–Trinajstić information content (AvgIpc) is 2.82. The Balaban J connectivity index is 2.79. The largest absolute Gasteiger partial charge is 0.496 e. The third kappa shape index (κ3) is 4.24. The van der Waals surface area contributed by atoms with Crippen molar-refractivity contribution < 1.29 is 33.0 Å². The zero-order valence-corrected chi connectivity index (χ0v) is 14.8. The number of carbonyl (C=O) groups is 1. The van der Waals surface area contributed by atoms with E-state index in [1.165, 1.54) is 13.8 Å². The van der Waals surface area contributed by atoms with Crippen LogP contribution in [-0.2, 0) is 9.84 Å². The Hall–Kier alpha value is -1.80. The summed E-state index contributed by atoms with van der Waals surface area (Å²) in [6, 6.07) is -5.20. The number of nitrogens with two attached hydrogens (primary N) is 1. The summed E-state index contributed by atoms with van der Waals surface area (Å²) in [7, 11) is -3.28. The predicted molar refractivity (Wildman–Crippen MR) is 97.7 cm³/mol. The molecular formula is C17H27N3O4S. The van der Waals surface area contributed by atoms with Crippen molar-refractivity contribution in [2.24, 2.45) is 0 Å². The first-order chi connectivity index (χ1) is 16.1. The molecule has 25 heavy (non-hydrogen) atoms. The summed E-state index contributed by atoms with van der Waals surface area (Å²) in [5, 5.41) is 1.68. The lowest BCUT2D eigenvalue weighted by Crippen LogP contribution is -2.40. The summed E-state index contributed by atoms with van der Waals surface area (Å²) in [4.78, 5) is 12.7. The number of nitrogens with one attached hydrogen (secondary N) is 1. The number of hydrogen-bond acceptors (Lipinski definition) is 6. The topological polar surface area (TPSA) is 102 Å². The van der Waals surface area contributed by atoms with E-state index in [2.05, 4.69) is 0 Å². The third-order valence-corrected chi connectivity index (χ3v) is 5.04. The molecule has 1 amide bonds. The lowest BCUT2D eigenvalue weighted by Gasteiger charge is -2.23. The number of anilines is 1. The molecule has 2 rings (SSSR count). The minimum atomic E-state index is -4.26. The number of likely N-dealkylation sites (N-methyl/N-ethyl adjacent to an activating group) is 1. The molecule has 1 aromatic rings. The van der Waals surface area contributed by atoms with Crippen molar-refractivity contribution in [1.82, 2.24) is 10.2 Å². The van der Waals surface area contributed by atoms with Crippen LogP contribution in [0.5, 0.6) is 5.75 Å². The molecule has 0 aliphatic carbocycles. The van der Waals surface area contributed by atoms with Gasteiger partial charge in [-0.15, -0.1) is 0 Å².